The predicted octanol–water partition coefficient (Wildman–Crippen LogP) is 3.51. The first-order valence-electron chi connectivity index (χ1n) is 3.85. The topological polar surface area (TPSA) is 0 Å². The standard InChI is InChI=1S/C10H17/c1-4-5-6-7-8-9-10(2)3/h5-6,9H,1,4,7-8H2,2-3H3. The lowest BCUT2D eigenvalue weighted by atomic mass is 10.2. The summed E-state index contributed by atoms with van der Waals surface area (Å²) in [5, 5.41) is 0. The van der Waals surface area contributed by atoms with E-state index in [0.717, 1.165) is 12.8 Å². The molecule has 0 saturated carbocycles. The third-order valence-corrected chi connectivity index (χ3v) is 1.22. The molecule has 0 aromatic carbocycles. The van der Waals surface area contributed by atoms with Crippen LogP contribution < -0.4 is 0 Å². The summed E-state index contributed by atoms with van der Waals surface area (Å²) in [6.45, 7) is 7.98. The van der Waals surface area contributed by atoms with Crippen molar-refractivity contribution in [1.82, 2.24) is 0 Å². The van der Waals surface area contributed by atoms with Crippen LogP contribution in [0.15, 0.2) is 23.8 Å². The molecule has 0 aliphatic rings. The Morgan fingerprint density at radius 3 is 2.40 bits per heavy atom. The Morgan fingerprint density at radius 2 is 1.90 bits per heavy atom. The van der Waals surface area contributed by atoms with Crippen molar-refractivity contribution in [2.45, 2.75) is 33.1 Å². The van der Waals surface area contributed by atoms with Crippen molar-refractivity contribution < 1.29 is 0 Å². The molecule has 57 valence electrons. The van der Waals surface area contributed by atoms with Gasteiger partial charge in [-0.05, 0) is 40.0 Å². The zero-order valence-electron chi connectivity index (χ0n) is 7.06. The molecular weight excluding hydrogens is 120 g/mol. The molecule has 0 saturated heterocycles. The Hall–Kier alpha value is -0.520. The van der Waals surface area contributed by atoms with Crippen LogP contribution in [-0.4, -0.2) is 0 Å². The van der Waals surface area contributed by atoms with Crippen LogP contribution >= 0.6 is 0 Å². The molecule has 0 unspecified atom stereocenters. The lowest BCUT2D eigenvalue weighted by molar-refractivity contribution is 1.03. The van der Waals surface area contributed by atoms with Crippen LogP contribution in [0.3, 0.4) is 0 Å². The molecule has 0 heterocycles. The summed E-state index contributed by atoms with van der Waals surface area (Å²) >= 11 is 0. The maximum Gasteiger partial charge on any atom is -0.0314 e. The smallest absolute Gasteiger partial charge is 0.0314 e. The van der Waals surface area contributed by atoms with Crippen LogP contribution in [0.1, 0.15) is 33.1 Å². The fourth-order valence-corrected chi connectivity index (χ4v) is 0.704. The molecule has 0 fully saturated rings. The molecule has 0 aliphatic heterocycles. The summed E-state index contributed by atoms with van der Waals surface area (Å²) < 4.78 is 0. The van der Waals surface area contributed by atoms with Gasteiger partial charge in [0.1, 0.15) is 0 Å². The van der Waals surface area contributed by atoms with Crippen LogP contribution in [0.2, 0.25) is 0 Å². The fourth-order valence-electron chi connectivity index (χ4n) is 0.704. The maximum absolute atomic E-state index is 3.72. The first-order valence-corrected chi connectivity index (χ1v) is 3.85. The third-order valence-electron chi connectivity index (χ3n) is 1.22. The Morgan fingerprint density at radius 1 is 1.20 bits per heavy atom. The summed E-state index contributed by atoms with van der Waals surface area (Å²) in [4.78, 5) is 0. The molecule has 0 atom stereocenters. The van der Waals surface area contributed by atoms with Crippen LogP contribution in [0.25, 0.3) is 0 Å². The van der Waals surface area contributed by atoms with E-state index in [1.54, 1.807) is 0 Å². The highest BCUT2D eigenvalue weighted by Crippen LogP contribution is 1.97. The van der Waals surface area contributed by atoms with E-state index in [9.17, 15) is 0 Å². The Labute approximate surface area is 64.6 Å². The zero-order valence-corrected chi connectivity index (χ0v) is 7.06. The first-order chi connectivity index (χ1) is 4.77. The average molecular weight is 137 g/mol. The summed E-state index contributed by atoms with van der Waals surface area (Å²) in [5.41, 5.74) is 1.41. The van der Waals surface area contributed by atoms with Gasteiger partial charge in [-0.15, -0.1) is 0 Å². The monoisotopic (exact) mass is 137 g/mol. The van der Waals surface area contributed by atoms with Gasteiger partial charge in [-0.25, -0.2) is 0 Å². The van der Waals surface area contributed by atoms with Crippen LogP contribution in [0.5, 0.6) is 0 Å². The third kappa shape index (κ3) is 7.48. The van der Waals surface area contributed by atoms with E-state index in [4.69, 9.17) is 0 Å². The summed E-state index contributed by atoms with van der Waals surface area (Å²) in [6.07, 6.45) is 9.78. The summed E-state index contributed by atoms with van der Waals surface area (Å²) in [7, 11) is 0. The quantitative estimate of drug-likeness (QED) is 0.411. The van der Waals surface area contributed by atoms with Crippen LogP contribution in [0.4, 0.5) is 0 Å². The molecular formula is C10H17. The van der Waals surface area contributed by atoms with Gasteiger partial charge in [-0.1, -0.05) is 23.8 Å². The van der Waals surface area contributed by atoms with Gasteiger partial charge in [0.25, 0.3) is 0 Å². The van der Waals surface area contributed by atoms with Gasteiger partial charge in [-0.2, -0.15) is 0 Å². The van der Waals surface area contributed by atoms with E-state index in [1.165, 1.54) is 12.0 Å². The van der Waals surface area contributed by atoms with E-state index >= 15 is 0 Å². The largest absolute Gasteiger partial charge is 0.0885 e. The lowest BCUT2D eigenvalue weighted by Gasteiger charge is -1.88. The van der Waals surface area contributed by atoms with Crippen molar-refractivity contribution in [2.75, 3.05) is 0 Å². The van der Waals surface area contributed by atoms with Gasteiger partial charge < -0.3 is 0 Å². The molecule has 0 aromatic heterocycles. The van der Waals surface area contributed by atoms with Crippen molar-refractivity contribution in [2.24, 2.45) is 0 Å². The van der Waals surface area contributed by atoms with Crippen molar-refractivity contribution in [1.29, 1.82) is 0 Å². The van der Waals surface area contributed by atoms with Gasteiger partial charge in [0.15, 0.2) is 0 Å². The minimum absolute atomic E-state index is 0.912. The highest BCUT2D eigenvalue weighted by atomic mass is 13.8. The maximum atomic E-state index is 3.72. The first kappa shape index (κ1) is 9.48. The van der Waals surface area contributed by atoms with E-state index < -0.39 is 0 Å². The van der Waals surface area contributed by atoms with E-state index in [2.05, 4.69) is 39.0 Å². The molecule has 0 amide bonds. The molecule has 1 radical (unpaired) electrons. The molecule has 0 spiro atoms. The second kappa shape index (κ2) is 6.60. The number of allylic oxidation sites excluding steroid dienone is 4. The molecule has 0 rings (SSSR count). The Kier molecular flexibility index (Phi) is 6.25. The average Bonchev–Trinajstić information content (AvgIpc) is 1.87. The van der Waals surface area contributed by atoms with Crippen LogP contribution in [0, 0.1) is 6.92 Å². The van der Waals surface area contributed by atoms with Crippen molar-refractivity contribution in [3.63, 3.8) is 0 Å². The van der Waals surface area contributed by atoms with Crippen molar-refractivity contribution in [3.8, 4) is 0 Å². The highest BCUT2D eigenvalue weighted by molar-refractivity contribution is 4.95. The minimum atomic E-state index is 0.912. The zero-order chi connectivity index (χ0) is 7.82. The predicted molar refractivity (Wildman–Crippen MR) is 47.8 cm³/mol. The van der Waals surface area contributed by atoms with Gasteiger partial charge in [0.2, 0.25) is 0 Å². The van der Waals surface area contributed by atoms with Gasteiger partial charge >= 0.3 is 0 Å². The highest BCUT2D eigenvalue weighted by Gasteiger charge is 1.77. The Balaban J connectivity index is 3.21. The van der Waals surface area contributed by atoms with Gasteiger partial charge in [-0.3, -0.25) is 0 Å². The molecule has 0 N–H and O–H groups in total. The normalized spacial score (nSPS) is 10.3. The van der Waals surface area contributed by atoms with E-state index in [-0.39, 0.29) is 0 Å². The Bertz CT molecular complexity index is 114. The minimum Gasteiger partial charge on any atom is -0.0885 e. The SMILES string of the molecule is [CH2]CC=CCCC=C(C)C. The van der Waals surface area contributed by atoms with E-state index in [1.807, 2.05) is 0 Å². The lowest BCUT2D eigenvalue weighted by Crippen LogP contribution is -1.67. The molecule has 10 heavy (non-hydrogen) atoms. The molecule has 0 heteroatoms. The van der Waals surface area contributed by atoms with Gasteiger partial charge in [0, 0.05) is 0 Å². The van der Waals surface area contributed by atoms with Gasteiger partial charge in [0.05, 0.1) is 0 Å². The van der Waals surface area contributed by atoms with Crippen LogP contribution in [-0.2, 0) is 0 Å². The second-order valence-electron chi connectivity index (χ2n) is 2.62. The molecule has 0 nitrogen and oxygen atoms in total. The number of hydrogen-bond donors (Lipinski definition) is 0. The molecule has 0 bridgehead atoms. The number of rotatable bonds is 4. The molecule has 0 aliphatic carbocycles. The number of unbranched alkanes of at least 4 members (excludes halogenated alkanes) is 1. The second-order valence-corrected chi connectivity index (χ2v) is 2.62. The van der Waals surface area contributed by atoms with E-state index in [0.29, 0.717) is 0 Å². The van der Waals surface area contributed by atoms with Crippen molar-refractivity contribution in [3.05, 3.63) is 30.7 Å². The van der Waals surface area contributed by atoms with Crippen molar-refractivity contribution >= 4 is 0 Å². The number of hydrogen-bond acceptors (Lipinski definition) is 0. The molecule has 0 aromatic rings. The summed E-state index contributed by atoms with van der Waals surface area (Å²) in [5.74, 6) is 0. The fraction of sp³-hybridized carbons (Fsp3) is 0.500. The summed E-state index contributed by atoms with van der Waals surface area (Å²) in [6, 6.07) is 0.